The van der Waals surface area contributed by atoms with Crippen molar-refractivity contribution in [3.05, 3.63) is 59.7 Å². The van der Waals surface area contributed by atoms with Crippen LogP contribution in [0.2, 0.25) is 0 Å². The number of hydrogen-bond donors (Lipinski definition) is 1. The lowest BCUT2D eigenvalue weighted by Crippen LogP contribution is -2.37. The van der Waals surface area contributed by atoms with E-state index >= 15 is 0 Å². The normalized spacial score (nSPS) is 16.9. The molecule has 2 aromatic rings. The van der Waals surface area contributed by atoms with Crippen LogP contribution in [0.3, 0.4) is 0 Å². The Kier molecular flexibility index (Phi) is 7.20. The number of fused-ring (bicyclic) bond motifs is 1. The summed E-state index contributed by atoms with van der Waals surface area (Å²) in [4.78, 5) is 11.5. The Hall–Kier alpha value is -2.74. The molecule has 0 aromatic heterocycles. The number of ether oxygens (including phenoxy) is 3. The van der Waals surface area contributed by atoms with Crippen molar-refractivity contribution in [2.75, 3.05) is 11.9 Å². The van der Waals surface area contributed by atoms with Crippen LogP contribution in [0, 0.1) is 0 Å². The van der Waals surface area contributed by atoms with Crippen LogP contribution >= 0.6 is 0 Å². The highest BCUT2D eigenvalue weighted by molar-refractivity contribution is 5.84. The highest BCUT2D eigenvalue weighted by atomic mass is 19.4. The van der Waals surface area contributed by atoms with E-state index in [9.17, 15) is 18.0 Å². The van der Waals surface area contributed by atoms with Crippen molar-refractivity contribution in [3.8, 4) is 5.75 Å². The number of alkyl halides is 3. The van der Waals surface area contributed by atoms with E-state index in [-0.39, 0.29) is 19.6 Å². The molecule has 0 bridgehead atoms. The fraction of sp³-hybridized carbons (Fsp3) is 0.409. The van der Waals surface area contributed by atoms with E-state index in [2.05, 4.69) is 5.32 Å². The maximum Gasteiger partial charge on any atom is 0.414 e. The monoisotopic (exact) mass is 423 g/mol. The predicted molar refractivity (Wildman–Crippen MR) is 106 cm³/mol. The molecular weight excluding hydrogens is 399 g/mol. The number of amides is 1. The number of benzene rings is 2. The van der Waals surface area contributed by atoms with Crippen molar-refractivity contribution in [2.24, 2.45) is 0 Å². The summed E-state index contributed by atoms with van der Waals surface area (Å²) in [5, 5.41) is 2.60. The summed E-state index contributed by atoms with van der Waals surface area (Å²) in [6.07, 6.45) is -6.86. The Morgan fingerprint density at radius 3 is 2.70 bits per heavy atom. The van der Waals surface area contributed by atoms with Gasteiger partial charge in [0.05, 0.1) is 13.2 Å². The van der Waals surface area contributed by atoms with Gasteiger partial charge in [-0.15, -0.1) is 0 Å². The van der Waals surface area contributed by atoms with Crippen LogP contribution in [0.25, 0.3) is 0 Å². The predicted octanol–water partition coefficient (Wildman–Crippen LogP) is 5.49. The lowest BCUT2D eigenvalue weighted by atomic mass is 9.98. The van der Waals surface area contributed by atoms with Crippen LogP contribution < -0.4 is 10.1 Å². The van der Waals surface area contributed by atoms with Crippen LogP contribution in [0.5, 0.6) is 5.75 Å². The van der Waals surface area contributed by atoms with Gasteiger partial charge in [0.25, 0.3) is 0 Å². The van der Waals surface area contributed by atoms with E-state index in [4.69, 9.17) is 14.2 Å². The van der Waals surface area contributed by atoms with Crippen molar-refractivity contribution >= 4 is 11.8 Å². The number of rotatable bonds is 7. The first kappa shape index (κ1) is 22.0. The van der Waals surface area contributed by atoms with Gasteiger partial charge < -0.3 is 14.2 Å². The van der Waals surface area contributed by atoms with Gasteiger partial charge in [0, 0.05) is 12.1 Å². The molecule has 30 heavy (non-hydrogen) atoms. The third kappa shape index (κ3) is 6.13. The molecule has 8 heteroatoms. The average molecular weight is 423 g/mol. The average Bonchev–Trinajstić information content (AvgIpc) is 2.71. The molecule has 2 unspecified atom stereocenters. The topological polar surface area (TPSA) is 56.8 Å². The molecule has 1 amide bonds. The molecule has 0 fully saturated rings. The zero-order valence-corrected chi connectivity index (χ0v) is 16.6. The van der Waals surface area contributed by atoms with Gasteiger partial charge in [0.2, 0.25) is 0 Å². The summed E-state index contributed by atoms with van der Waals surface area (Å²) in [5.41, 5.74) is 2.06. The Morgan fingerprint density at radius 2 is 2.00 bits per heavy atom. The zero-order valence-electron chi connectivity index (χ0n) is 16.6. The molecule has 1 N–H and O–H groups in total. The number of hydrogen-bond acceptors (Lipinski definition) is 4. The van der Waals surface area contributed by atoms with E-state index in [1.165, 1.54) is 0 Å². The van der Waals surface area contributed by atoms with Crippen LogP contribution in [0.15, 0.2) is 48.5 Å². The summed E-state index contributed by atoms with van der Waals surface area (Å²) in [6.45, 7) is 1.85. The van der Waals surface area contributed by atoms with Crippen molar-refractivity contribution in [2.45, 2.75) is 51.2 Å². The molecule has 1 aliphatic rings. The second-order valence-electron chi connectivity index (χ2n) is 7.01. The molecule has 2 atom stereocenters. The Labute approximate surface area is 173 Å². The number of aryl methyl sites for hydroxylation is 1. The highest BCUT2D eigenvalue weighted by Gasteiger charge is 2.42. The minimum absolute atomic E-state index is 0.114. The lowest BCUT2D eigenvalue weighted by molar-refractivity contribution is -0.230. The smallest absolute Gasteiger partial charge is 0.414 e. The lowest BCUT2D eigenvalue weighted by Gasteiger charge is -2.30. The highest BCUT2D eigenvalue weighted by Crippen LogP contribution is 2.34. The minimum Gasteiger partial charge on any atom is -0.490 e. The molecule has 0 saturated carbocycles. The number of nitrogens with one attached hydrogen (secondary N) is 1. The molecule has 0 radical (unpaired) electrons. The molecular formula is C22H24F3NO4. The first-order chi connectivity index (χ1) is 14.3. The van der Waals surface area contributed by atoms with Crippen LogP contribution in [0.4, 0.5) is 23.7 Å². The fourth-order valence-corrected chi connectivity index (χ4v) is 3.28. The van der Waals surface area contributed by atoms with Crippen molar-refractivity contribution < 1.29 is 32.2 Å². The van der Waals surface area contributed by atoms with E-state index < -0.39 is 24.5 Å². The summed E-state index contributed by atoms with van der Waals surface area (Å²) in [7, 11) is 0. The zero-order chi connectivity index (χ0) is 21.6. The maximum atomic E-state index is 13.5. The third-order valence-corrected chi connectivity index (χ3v) is 4.75. The van der Waals surface area contributed by atoms with Crippen LogP contribution in [-0.2, 0) is 22.5 Å². The van der Waals surface area contributed by atoms with Crippen molar-refractivity contribution in [1.82, 2.24) is 0 Å². The molecule has 2 aromatic carbocycles. The summed E-state index contributed by atoms with van der Waals surface area (Å²) in [6, 6.07) is 13.8. The molecule has 1 heterocycles. The van der Waals surface area contributed by atoms with Gasteiger partial charge in [-0.25, -0.2) is 4.79 Å². The van der Waals surface area contributed by atoms with Gasteiger partial charge in [0.1, 0.15) is 11.9 Å². The van der Waals surface area contributed by atoms with Crippen LogP contribution in [0.1, 0.15) is 30.9 Å². The molecule has 5 nitrogen and oxygen atoms in total. The summed E-state index contributed by atoms with van der Waals surface area (Å²) in [5.74, 6) is 0.518. The largest absolute Gasteiger partial charge is 0.490 e. The Bertz CT molecular complexity index is 842. The molecule has 0 spiro atoms. The molecule has 0 saturated heterocycles. The maximum absolute atomic E-state index is 13.5. The van der Waals surface area contributed by atoms with Gasteiger partial charge in [0.15, 0.2) is 6.10 Å². The minimum atomic E-state index is -4.48. The standard InChI is InChI=1S/C22H24F3NO4/c1-2-28-21(27)26-17-9-11-19-16(12-17)8-10-18(30-19)13-20(22(23,24)25)29-14-15-6-4-3-5-7-15/h3-7,9,11-12,18,20H,2,8,10,13-14H2,1H3,(H,26,27). The van der Waals surface area contributed by atoms with Crippen molar-refractivity contribution in [3.63, 3.8) is 0 Å². The second kappa shape index (κ2) is 9.84. The van der Waals surface area contributed by atoms with E-state index in [0.29, 0.717) is 29.8 Å². The van der Waals surface area contributed by atoms with Gasteiger partial charge in [-0.3, -0.25) is 5.32 Å². The number of anilines is 1. The Morgan fingerprint density at radius 1 is 1.23 bits per heavy atom. The van der Waals surface area contributed by atoms with E-state index in [0.717, 1.165) is 5.56 Å². The quantitative estimate of drug-likeness (QED) is 0.640. The number of carbonyl (C=O) groups is 1. The summed E-state index contributed by atoms with van der Waals surface area (Å²) < 4.78 is 56.3. The fourth-order valence-electron chi connectivity index (χ4n) is 3.28. The number of carbonyl (C=O) groups excluding carboxylic acids is 1. The van der Waals surface area contributed by atoms with Gasteiger partial charge in [-0.2, -0.15) is 13.2 Å². The van der Waals surface area contributed by atoms with Gasteiger partial charge >= 0.3 is 12.3 Å². The first-order valence-electron chi connectivity index (χ1n) is 9.80. The second-order valence-corrected chi connectivity index (χ2v) is 7.01. The van der Waals surface area contributed by atoms with E-state index in [1.807, 2.05) is 0 Å². The molecule has 0 aliphatic carbocycles. The third-order valence-electron chi connectivity index (χ3n) is 4.75. The van der Waals surface area contributed by atoms with Gasteiger partial charge in [-0.05, 0) is 49.1 Å². The first-order valence-corrected chi connectivity index (χ1v) is 9.80. The van der Waals surface area contributed by atoms with E-state index in [1.54, 1.807) is 55.5 Å². The molecule has 1 aliphatic heterocycles. The number of halogens is 3. The van der Waals surface area contributed by atoms with Crippen molar-refractivity contribution in [1.29, 1.82) is 0 Å². The Balaban J connectivity index is 1.60. The SMILES string of the molecule is CCOC(=O)Nc1ccc2c(c1)CCC(CC(OCc1ccccc1)C(F)(F)F)O2. The molecule has 3 rings (SSSR count). The van der Waals surface area contributed by atoms with Gasteiger partial charge in [-0.1, -0.05) is 30.3 Å². The molecule has 162 valence electrons. The van der Waals surface area contributed by atoms with Crippen LogP contribution in [-0.4, -0.2) is 31.1 Å². The summed E-state index contributed by atoms with van der Waals surface area (Å²) >= 11 is 0.